The zero-order valence-corrected chi connectivity index (χ0v) is 13.2. The Morgan fingerprint density at radius 2 is 2.05 bits per heavy atom. The molecule has 0 aromatic carbocycles. The first-order valence-corrected chi connectivity index (χ1v) is 9.22. The number of carbonyl (C=O) groups excluding carboxylic acids is 1. The molecule has 2 fully saturated rings. The lowest BCUT2D eigenvalue weighted by Crippen LogP contribution is -2.55. The van der Waals surface area contributed by atoms with Gasteiger partial charge in [-0.15, -0.1) is 0 Å². The molecule has 2 unspecified atom stereocenters. The van der Waals surface area contributed by atoms with Crippen LogP contribution in [0.5, 0.6) is 0 Å². The van der Waals surface area contributed by atoms with Crippen LogP contribution in [0.1, 0.15) is 20.3 Å². The van der Waals surface area contributed by atoms with Crippen LogP contribution in [0.4, 0.5) is 0 Å². The van der Waals surface area contributed by atoms with Crippen LogP contribution in [0.25, 0.3) is 0 Å². The van der Waals surface area contributed by atoms with Gasteiger partial charge < -0.3 is 10.2 Å². The summed E-state index contributed by atoms with van der Waals surface area (Å²) < 4.78 is 23.2. The Hall–Kier alpha value is -0.660. The molecular weight excluding hydrogens is 278 g/mol. The monoisotopic (exact) mass is 303 g/mol. The zero-order valence-electron chi connectivity index (χ0n) is 12.3. The lowest BCUT2D eigenvalue weighted by Gasteiger charge is -2.36. The summed E-state index contributed by atoms with van der Waals surface area (Å²) in [5.74, 6) is 0.404. The average molecular weight is 303 g/mol. The summed E-state index contributed by atoms with van der Waals surface area (Å²) in [7, 11) is -2.95. The molecule has 1 N–H and O–H groups in total. The molecule has 0 aromatic rings. The van der Waals surface area contributed by atoms with E-state index in [1.54, 1.807) is 4.90 Å². The second kappa shape index (κ2) is 6.41. The Morgan fingerprint density at radius 3 is 2.55 bits per heavy atom. The molecule has 0 saturated carbocycles. The number of hydrogen-bond donors (Lipinski definition) is 1. The molecule has 2 aliphatic heterocycles. The van der Waals surface area contributed by atoms with Crippen molar-refractivity contribution in [3.05, 3.63) is 0 Å². The van der Waals surface area contributed by atoms with Crippen molar-refractivity contribution in [1.82, 2.24) is 15.1 Å². The van der Waals surface area contributed by atoms with Gasteiger partial charge in [0.05, 0.1) is 17.5 Å². The molecule has 116 valence electrons. The van der Waals surface area contributed by atoms with Crippen molar-refractivity contribution in [2.45, 2.75) is 32.4 Å². The van der Waals surface area contributed by atoms with Gasteiger partial charge in [-0.05, 0) is 20.3 Å². The summed E-state index contributed by atoms with van der Waals surface area (Å²) in [6, 6.07) is -0.303. The van der Waals surface area contributed by atoms with Crippen molar-refractivity contribution in [3.63, 3.8) is 0 Å². The predicted octanol–water partition coefficient (Wildman–Crippen LogP) is -0.684. The Bertz CT molecular complexity index is 446. The van der Waals surface area contributed by atoms with Crippen LogP contribution in [-0.2, 0) is 14.6 Å². The largest absolute Gasteiger partial charge is 0.338 e. The highest BCUT2D eigenvalue weighted by atomic mass is 32.2. The summed E-state index contributed by atoms with van der Waals surface area (Å²) in [6.45, 7) is 7.98. The van der Waals surface area contributed by atoms with Gasteiger partial charge in [0.25, 0.3) is 0 Å². The van der Waals surface area contributed by atoms with E-state index >= 15 is 0 Å². The standard InChI is InChI=1S/C13H25N3O3S/c1-3-16(12-4-9-20(18,19)10-12)13(17)11(2)15-7-5-14-6-8-15/h11-12,14H,3-10H2,1-2H3. The van der Waals surface area contributed by atoms with Crippen molar-refractivity contribution in [1.29, 1.82) is 0 Å². The Labute approximate surface area is 121 Å². The van der Waals surface area contributed by atoms with Gasteiger partial charge in [-0.1, -0.05) is 0 Å². The van der Waals surface area contributed by atoms with Crippen LogP contribution < -0.4 is 5.32 Å². The van der Waals surface area contributed by atoms with E-state index in [0.29, 0.717) is 13.0 Å². The maximum Gasteiger partial charge on any atom is 0.239 e. The molecule has 0 aromatic heterocycles. The third-order valence-electron chi connectivity index (χ3n) is 4.33. The van der Waals surface area contributed by atoms with E-state index in [-0.39, 0.29) is 29.5 Å². The van der Waals surface area contributed by atoms with Crippen LogP contribution in [0.3, 0.4) is 0 Å². The van der Waals surface area contributed by atoms with Crippen LogP contribution in [0.2, 0.25) is 0 Å². The fourth-order valence-electron chi connectivity index (χ4n) is 3.08. The highest BCUT2D eigenvalue weighted by Crippen LogP contribution is 2.19. The van der Waals surface area contributed by atoms with E-state index in [1.807, 2.05) is 13.8 Å². The van der Waals surface area contributed by atoms with Gasteiger partial charge in [0.15, 0.2) is 9.84 Å². The van der Waals surface area contributed by atoms with E-state index in [1.165, 1.54) is 0 Å². The molecule has 2 rings (SSSR count). The summed E-state index contributed by atoms with van der Waals surface area (Å²) in [5, 5.41) is 3.27. The zero-order chi connectivity index (χ0) is 14.8. The SMILES string of the molecule is CCN(C(=O)C(C)N1CCNCC1)C1CCS(=O)(=O)C1. The number of carbonyl (C=O) groups is 1. The second-order valence-electron chi connectivity index (χ2n) is 5.64. The van der Waals surface area contributed by atoms with Gasteiger partial charge in [0, 0.05) is 38.8 Å². The van der Waals surface area contributed by atoms with Gasteiger partial charge in [-0.25, -0.2) is 8.42 Å². The van der Waals surface area contributed by atoms with Gasteiger partial charge in [-0.2, -0.15) is 0 Å². The molecule has 2 atom stereocenters. The van der Waals surface area contributed by atoms with Crippen molar-refractivity contribution in [3.8, 4) is 0 Å². The number of likely N-dealkylation sites (N-methyl/N-ethyl adjacent to an activating group) is 1. The van der Waals surface area contributed by atoms with E-state index in [4.69, 9.17) is 0 Å². The first kappa shape index (κ1) is 15.7. The molecule has 2 aliphatic rings. The number of nitrogens with one attached hydrogen (secondary N) is 1. The van der Waals surface area contributed by atoms with Crippen molar-refractivity contribution in [2.75, 3.05) is 44.2 Å². The quantitative estimate of drug-likeness (QED) is 0.745. The molecule has 2 saturated heterocycles. The van der Waals surface area contributed by atoms with E-state index in [9.17, 15) is 13.2 Å². The average Bonchev–Trinajstić information content (AvgIpc) is 2.79. The molecule has 7 heteroatoms. The predicted molar refractivity (Wildman–Crippen MR) is 78.4 cm³/mol. The maximum atomic E-state index is 12.6. The van der Waals surface area contributed by atoms with Gasteiger partial charge in [0.1, 0.15) is 0 Å². The van der Waals surface area contributed by atoms with Crippen LogP contribution in [0, 0.1) is 0 Å². The first-order valence-electron chi connectivity index (χ1n) is 7.40. The van der Waals surface area contributed by atoms with Gasteiger partial charge in [-0.3, -0.25) is 9.69 Å². The van der Waals surface area contributed by atoms with Gasteiger partial charge >= 0.3 is 0 Å². The molecule has 0 radical (unpaired) electrons. The fraction of sp³-hybridized carbons (Fsp3) is 0.923. The third-order valence-corrected chi connectivity index (χ3v) is 6.08. The van der Waals surface area contributed by atoms with Crippen molar-refractivity contribution >= 4 is 15.7 Å². The van der Waals surface area contributed by atoms with Crippen LogP contribution in [-0.4, -0.2) is 80.4 Å². The summed E-state index contributed by atoms with van der Waals surface area (Å²) in [5.41, 5.74) is 0. The van der Waals surface area contributed by atoms with Crippen LogP contribution >= 0.6 is 0 Å². The van der Waals surface area contributed by atoms with E-state index < -0.39 is 9.84 Å². The molecule has 0 spiro atoms. The van der Waals surface area contributed by atoms with E-state index in [2.05, 4.69) is 10.2 Å². The number of sulfone groups is 1. The number of nitrogens with zero attached hydrogens (tertiary/aromatic N) is 2. The highest BCUT2D eigenvalue weighted by molar-refractivity contribution is 7.91. The van der Waals surface area contributed by atoms with Gasteiger partial charge in [0.2, 0.25) is 5.91 Å². The highest BCUT2D eigenvalue weighted by Gasteiger charge is 2.36. The molecule has 2 heterocycles. The second-order valence-corrected chi connectivity index (χ2v) is 7.87. The molecule has 20 heavy (non-hydrogen) atoms. The minimum atomic E-state index is -2.95. The topological polar surface area (TPSA) is 69.7 Å². The molecule has 0 bridgehead atoms. The minimum absolute atomic E-state index is 0.0662. The Kier molecular flexibility index (Phi) is 5.04. The lowest BCUT2D eigenvalue weighted by atomic mass is 10.1. The summed E-state index contributed by atoms with van der Waals surface area (Å²) >= 11 is 0. The number of amides is 1. The van der Waals surface area contributed by atoms with Crippen LogP contribution in [0.15, 0.2) is 0 Å². The smallest absolute Gasteiger partial charge is 0.239 e. The molecule has 6 nitrogen and oxygen atoms in total. The first-order chi connectivity index (χ1) is 9.44. The molecule has 0 aliphatic carbocycles. The summed E-state index contributed by atoms with van der Waals surface area (Å²) in [4.78, 5) is 16.6. The van der Waals surface area contributed by atoms with E-state index in [0.717, 1.165) is 26.2 Å². The third kappa shape index (κ3) is 3.51. The number of hydrogen-bond acceptors (Lipinski definition) is 5. The lowest BCUT2D eigenvalue weighted by molar-refractivity contribution is -0.138. The fourth-order valence-corrected chi connectivity index (χ4v) is 4.81. The van der Waals surface area contributed by atoms with Crippen molar-refractivity contribution < 1.29 is 13.2 Å². The molecule has 1 amide bonds. The number of piperazine rings is 1. The Balaban J connectivity index is 2.01. The Morgan fingerprint density at radius 1 is 1.40 bits per heavy atom. The number of rotatable bonds is 4. The normalized spacial score (nSPS) is 28.2. The summed E-state index contributed by atoms with van der Waals surface area (Å²) in [6.07, 6.45) is 0.580. The minimum Gasteiger partial charge on any atom is -0.338 e. The molecular formula is C13H25N3O3S. The maximum absolute atomic E-state index is 12.6. The van der Waals surface area contributed by atoms with Crippen molar-refractivity contribution in [2.24, 2.45) is 0 Å².